The highest BCUT2D eigenvalue weighted by atomic mass is 32.2. The number of carbonyl (C=O) groups excluding carboxylic acids is 2. The molecule has 1 amide bonds. The van der Waals surface area contributed by atoms with E-state index < -0.39 is 0 Å². The lowest BCUT2D eigenvalue weighted by molar-refractivity contribution is -0.140. The largest absolute Gasteiger partial charge is 0.469 e. The van der Waals surface area contributed by atoms with E-state index in [0.717, 1.165) is 21.1 Å². The van der Waals surface area contributed by atoms with Crippen LogP contribution in [-0.4, -0.2) is 41.3 Å². The van der Waals surface area contributed by atoms with Crippen LogP contribution < -0.4 is 5.32 Å². The number of methoxy groups -OCH3 is 1. The Morgan fingerprint density at radius 1 is 1.22 bits per heavy atom. The second kappa shape index (κ2) is 9.72. The minimum absolute atomic E-state index is 0.0865. The second-order valence-electron chi connectivity index (χ2n) is 5.54. The summed E-state index contributed by atoms with van der Waals surface area (Å²) in [6.07, 6.45) is 0.866. The van der Waals surface area contributed by atoms with Crippen LogP contribution in [0.25, 0.3) is 21.1 Å². The number of aromatic nitrogens is 2. The van der Waals surface area contributed by atoms with Gasteiger partial charge in [-0.1, -0.05) is 23.9 Å². The maximum Gasteiger partial charge on any atom is 0.305 e. The summed E-state index contributed by atoms with van der Waals surface area (Å²) in [6, 6.07) is 8.10. The Bertz CT molecular complexity index is 821. The van der Waals surface area contributed by atoms with Crippen LogP contribution in [0.5, 0.6) is 0 Å². The molecule has 0 fully saturated rings. The average Bonchev–Trinajstić information content (AvgIpc) is 3.43. The van der Waals surface area contributed by atoms with E-state index in [1.165, 1.54) is 18.9 Å². The van der Waals surface area contributed by atoms with Crippen LogP contribution in [0.1, 0.15) is 12.8 Å². The molecule has 9 heteroatoms. The summed E-state index contributed by atoms with van der Waals surface area (Å²) in [5, 5.41) is 7.57. The third-order valence-corrected chi connectivity index (χ3v) is 6.29. The summed E-state index contributed by atoms with van der Waals surface area (Å²) in [6.45, 7) is 0.452. The van der Waals surface area contributed by atoms with Gasteiger partial charge in [0.1, 0.15) is 5.69 Å². The number of H-pyrrole nitrogens is 1. The maximum absolute atomic E-state index is 12.0. The molecule has 0 saturated carbocycles. The first-order valence-corrected chi connectivity index (χ1v) is 11.1. The number of carbonyl (C=O) groups is 2. The lowest BCUT2D eigenvalue weighted by Gasteiger charge is -2.03. The molecule has 142 valence electrons. The molecule has 6 nitrogen and oxygen atoms in total. The van der Waals surface area contributed by atoms with Crippen molar-refractivity contribution in [1.82, 2.24) is 15.3 Å². The van der Waals surface area contributed by atoms with Gasteiger partial charge in [0.15, 0.2) is 5.16 Å². The molecule has 0 radical (unpaired) electrons. The number of ether oxygens (including phenoxy) is 1. The molecule has 2 N–H and O–H groups in total. The normalized spacial score (nSPS) is 10.7. The second-order valence-corrected chi connectivity index (χ2v) is 8.40. The molecular formula is C18H19N3O3S3. The highest BCUT2D eigenvalue weighted by Gasteiger charge is 2.16. The first-order valence-electron chi connectivity index (χ1n) is 8.31. The van der Waals surface area contributed by atoms with Gasteiger partial charge in [0.25, 0.3) is 0 Å². The van der Waals surface area contributed by atoms with Gasteiger partial charge < -0.3 is 15.0 Å². The van der Waals surface area contributed by atoms with Crippen molar-refractivity contribution in [2.24, 2.45) is 0 Å². The quantitative estimate of drug-likeness (QED) is 0.310. The predicted octanol–water partition coefficient (Wildman–Crippen LogP) is 4.03. The molecule has 0 spiro atoms. The van der Waals surface area contributed by atoms with Gasteiger partial charge in [-0.2, -0.15) is 0 Å². The number of nitrogens with one attached hydrogen (secondary N) is 2. The molecule has 0 aliphatic rings. The summed E-state index contributed by atoms with van der Waals surface area (Å²) in [5.74, 6) is -0.0903. The zero-order valence-electron chi connectivity index (χ0n) is 14.7. The number of esters is 1. The molecule has 0 unspecified atom stereocenters. The summed E-state index contributed by atoms with van der Waals surface area (Å²) in [5.41, 5.74) is 1.89. The van der Waals surface area contributed by atoms with Crippen LogP contribution in [-0.2, 0) is 14.3 Å². The van der Waals surface area contributed by atoms with Crippen molar-refractivity contribution in [2.75, 3.05) is 19.4 Å². The Balaban J connectivity index is 1.58. The van der Waals surface area contributed by atoms with E-state index in [1.807, 2.05) is 29.0 Å². The van der Waals surface area contributed by atoms with E-state index >= 15 is 0 Å². The molecule has 27 heavy (non-hydrogen) atoms. The zero-order valence-corrected chi connectivity index (χ0v) is 17.1. The van der Waals surface area contributed by atoms with Crippen molar-refractivity contribution in [3.05, 3.63) is 35.0 Å². The molecule has 3 heterocycles. The third-order valence-electron chi connectivity index (χ3n) is 3.65. The smallest absolute Gasteiger partial charge is 0.305 e. The monoisotopic (exact) mass is 421 g/mol. The van der Waals surface area contributed by atoms with Crippen LogP contribution in [0.4, 0.5) is 0 Å². The van der Waals surface area contributed by atoms with Gasteiger partial charge in [-0.25, -0.2) is 4.98 Å². The van der Waals surface area contributed by atoms with E-state index in [2.05, 4.69) is 21.1 Å². The Morgan fingerprint density at radius 2 is 1.96 bits per heavy atom. The van der Waals surface area contributed by atoms with Crippen LogP contribution in [0.3, 0.4) is 0 Å². The maximum atomic E-state index is 12.0. The molecular weight excluding hydrogens is 402 g/mol. The summed E-state index contributed by atoms with van der Waals surface area (Å²) < 4.78 is 4.57. The van der Waals surface area contributed by atoms with Gasteiger partial charge in [-0.15, -0.1) is 22.7 Å². The Hall–Kier alpha value is -2.10. The molecule has 0 bridgehead atoms. The zero-order chi connectivity index (χ0) is 19.1. The van der Waals surface area contributed by atoms with E-state index in [4.69, 9.17) is 4.98 Å². The van der Waals surface area contributed by atoms with Gasteiger partial charge in [-0.05, 0) is 29.3 Å². The van der Waals surface area contributed by atoms with E-state index in [9.17, 15) is 9.59 Å². The Morgan fingerprint density at radius 3 is 2.63 bits per heavy atom. The SMILES string of the molecule is COC(=O)CCCNC(=O)CSc1nc(-c2cccs2)c(-c2cccs2)[nH]1. The van der Waals surface area contributed by atoms with Crippen molar-refractivity contribution in [1.29, 1.82) is 0 Å². The number of thiophene rings is 2. The lowest BCUT2D eigenvalue weighted by Crippen LogP contribution is -2.26. The number of amides is 1. The highest BCUT2D eigenvalue weighted by Crippen LogP contribution is 2.36. The first-order chi connectivity index (χ1) is 13.2. The number of imidazole rings is 1. The Labute approximate surface area is 169 Å². The average molecular weight is 422 g/mol. The van der Waals surface area contributed by atoms with Gasteiger partial charge in [0.2, 0.25) is 5.91 Å². The topological polar surface area (TPSA) is 84.1 Å². The number of hydrogen-bond acceptors (Lipinski definition) is 7. The number of thioether (sulfide) groups is 1. The summed E-state index contributed by atoms with van der Waals surface area (Å²) in [7, 11) is 1.36. The highest BCUT2D eigenvalue weighted by molar-refractivity contribution is 7.99. The Kier molecular flexibility index (Phi) is 7.08. The van der Waals surface area contributed by atoms with Crippen LogP contribution in [0.2, 0.25) is 0 Å². The summed E-state index contributed by atoms with van der Waals surface area (Å²) >= 11 is 4.65. The van der Waals surface area contributed by atoms with Crippen LogP contribution >= 0.6 is 34.4 Å². The van der Waals surface area contributed by atoms with Gasteiger partial charge in [0.05, 0.1) is 28.3 Å². The van der Waals surface area contributed by atoms with Gasteiger partial charge in [-0.3, -0.25) is 9.59 Å². The standard InChI is InChI=1S/C18H19N3O3S3/c1-24-15(23)7-2-8-19-14(22)11-27-18-20-16(12-5-3-9-25-12)17(21-18)13-6-4-10-26-13/h3-6,9-10H,2,7-8,11H2,1H3,(H,19,22)(H,20,21). The number of aromatic amines is 1. The van der Waals surface area contributed by atoms with Crippen LogP contribution in [0, 0.1) is 0 Å². The number of nitrogens with zero attached hydrogens (tertiary/aromatic N) is 1. The van der Waals surface area contributed by atoms with Crippen molar-refractivity contribution in [2.45, 2.75) is 18.0 Å². The fourth-order valence-corrected chi connectivity index (χ4v) is 4.50. The van der Waals surface area contributed by atoms with Crippen molar-refractivity contribution >= 4 is 46.3 Å². The van der Waals surface area contributed by atoms with Crippen LogP contribution in [0.15, 0.2) is 40.2 Å². The molecule has 0 saturated heterocycles. The van der Waals surface area contributed by atoms with Crippen molar-refractivity contribution in [3.8, 4) is 21.1 Å². The van der Waals surface area contributed by atoms with Crippen molar-refractivity contribution < 1.29 is 14.3 Å². The number of rotatable bonds is 9. The minimum Gasteiger partial charge on any atom is -0.469 e. The van der Waals surface area contributed by atoms with E-state index in [0.29, 0.717) is 24.5 Å². The molecule has 0 aliphatic heterocycles. The summed E-state index contributed by atoms with van der Waals surface area (Å²) in [4.78, 5) is 33.3. The first kappa shape index (κ1) is 19.7. The van der Waals surface area contributed by atoms with Crippen molar-refractivity contribution in [3.63, 3.8) is 0 Å². The predicted molar refractivity (Wildman–Crippen MR) is 110 cm³/mol. The molecule has 0 atom stereocenters. The fraction of sp³-hybridized carbons (Fsp3) is 0.278. The van der Waals surface area contributed by atoms with E-state index in [1.54, 1.807) is 22.7 Å². The number of hydrogen-bond donors (Lipinski definition) is 2. The molecule has 3 rings (SSSR count). The van der Waals surface area contributed by atoms with E-state index in [-0.39, 0.29) is 17.6 Å². The fourth-order valence-electron chi connectivity index (χ4n) is 2.36. The molecule has 3 aromatic heterocycles. The lowest BCUT2D eigenvalue weighted by atomic mass is 10.2. The molecule has 3 aromatic rings. The third kappa shape index (κ3) is 5.44. The molecule has 0 aliphatic carbocycles. The van der Waals surface area contributed by atoms with Gasteiger partial charge in [0, 0.05) is 13.0 Å². The minimum atomic E-state index is -0.267. The van der Waals surface area contributed by atoms with Gasteiger partial charge >= 0.3 is 5.97 Å². The molecule has 0 aromatic carbocycles.